The van der Waals surface area contributed by atoms with Gasteiger partial charge in [-0.25, -0.2) is 14.5 Å². The molecule has 214 valence electrons. The summed E-state index contributed by atoms with van der Waals surface area (Å²) in [7, 11) is 2.92. The van der Waals surface area contributed by atoms with E-state index in [9.17, 15) is 9.59 Å². The van der Waals surface area contributed by atoms with Crippen LogP contribution in [0.4, 0.5) is 0 Å². The molecule has 0 N–H and O–H groups in total. The van der Waals surface area contributed by atoms with E-state index < -0.39 is 12.0 Å². The number of hydrogen-bond donors (Lipinski definition) is 0. The number of ether oxygens (including phenoxy) is 2. The van der Waals surface area contributed by atoms with Gasteiger partial charge in [0.05, 0.1) is 42.9 Å². The van der Waals surface area contributed by atoms with Gasteiger partial charge in [-0.05, 0) is 72.3 Å². The van der Waals surface area contributed by atoms with E-state index in [4.69, 9.17) is 31.3 Å². The van der Waals surface area contributed by atoms with Crippen LogP contribution in [-0.2, 0) is 4.74 Å². The van der Waals surface area contributed by atoms with Crippen LogP contribution >= 0.6 is 11.6 Å². The minimum atomic E-state index is -0.524. The van der Waals surface area contributed by atoms with Gasteiger partial charge in [-0.1, -0.05) is 48.0 Å². The highest BCUT2D eigenvalue weighted by molar-refractivity contribution is 6.30. The van der Waals surface area contributed by atoms with Crippen LogP contribution < -0.4 is 4.74 Å². The van der Waals surface area contributed by atoms with Crippen LogP contribution in [0.5, 0.6) is 5.75 Å². The van der Waals surface area contributed by atoms with Crippen molar-refractivity contribution in [2.75, 3.05) is 14.2 Å². The molecule has 0 radical (unpaired) electrons. The van der Waals surface area contributed by atoms with Gasteiger partial charge in [0.1, 0.15) is 5.75 Å². The number of hydrogen-bond acceptors (Lipinski definition) is 6. The van der Waals surface area contributed by atoms with Gasteiger partial charge in [0, 0.05) is 34.3 Å². The molecular formula is C34H27ClN4O4. The normalized spacial score (nSPS) is 14.3. The molecule has 0 bridgehead atoms. The standard InChI is InChI=1S/C34H27ClN4O4/c1-42-28-17-13-22(14-18-28)30-20-31(39(36-30)33(40)24-7-6-8-25(19-24)34(41)43-2)29-21-38(27-9-4-3-5-10-27)37-32(29)23-11-15-26(35)16-12-23/h3-19,21,31H,20H2,1-2H3. The van der Waals surface area contributed by atoms with E-state index in [0.29, 0.717) is 22.7 Å². The molecule has 1 aliphatic rings. The third-order valence-electron chi connectivity index (χ3n) is 7.31. The van der Waals surface area contributed by atoms with Crippen LogP contribution in [-0.4, -0.2) is 46.6 Å². The molecule has 0 saturated heterocycles. The first-order valence-corrected chi connectivity index (χ1v) is 14.0. The quantitative estimate of drug-likeness (QED) is 0.191. The fourth-order valence-electron chi connectivity index (χ4n) is 5.10. The molecule has 1 aromatic heterocycles. The molecule has 5 aromatic rings. The Morgan fingerprint density at radius 3 is 2.23 bits per heavy atom. The average molecular weight is 591 g/mol. The summed E-state index contributed by atoms with van der Waals surface area (Å²) in [6, 6.07) is 30.8. The summed E-state index contributed by atoms with van der Waals surface area (Å²) in [4.78, 5) is 26.4. The summed E-state index contributed by atoms with van der Waals surface area (Å²) in [5, 5.41) is 11.9. The SMILES string of the molecule is COC(=O)c1cccc(C(=O)N2N=C(c3ccc(OC)cc3)CC2c2cn(-c3ccccc3)nc2-c2ccc(Cl)cc2)c1. The van der Waals surface area contributed by atoms with Crippen molar-refractivity contribution in [1.29, 1.82) is 0 Å². The number of carbonyl (C=O) groups excluding carboxylic acids is 2. The number of hydrazone groups is 1. The second kappa shape index (κ2) is 12.0. The van der Waals surface area contributed by atoms with Gasteiger partial charge >= 0.3 is 5.97 Å². The van der Waals surface area contributed by atoms with Crippen molar-refractivity contribution in [1.82, 2.24) is 14.8 Å². The Hall–Kier alpha value is -5.21. The zero-order valence-electron chi connectivity index (χ0n) is 23.5. The smallest absolute Gasteiger partial charge is 0.337 e. The molecule has 4 aromatic carbocycles. The number of halogens is 1. The fraction of sp³-hybridized carbons (Fsp3) is 0.118. The molecule has 43 heavy (non-hydrogen) atoms. The fourth-order valence-corrected chi connectivity index (χ4v) is 5.23. The molecule has 1 unspecified atom stereocenters. The zero-order valence-corrected chi connectivity index (χ0v) is 24.2. The van der Waals surface area contributed by atoms with Crippen molar-refractivity contribution >= 4 is 29.2 Å². The van der Waals surface area contributed by atoms with Crippen molar-refractivity contribution in [2.24, 2.45) is 5.10 Å². The highest BCUT2D eigenvalue weighted by Gasteiger charge is 2.37. The average Bonchev–Trinajstić information content (AvgIpc) is 3.70. The van der Waals surface area contributed by atoms with Crippen molar-refractivity contribution in [3.05, 3.63) is 137 Å². The lowest BCUT2D eigenvalue weighted by Gasteiger charge is -2.22. The largest absolute Gasteiger partial charge is 0.497 e. The number of esters is 1. The summed E-state index contributed by atoms with van der Waals surface area (Å²) in [5.41, 5.74) is 5.45. The Labute approximate surface area is 253 Å². The van der Waals surface area contributed by atoms with Gasteiger partial charge in [-0.3, -0.25) is 4.79 Å². The second-order valence-electron chi connectivity index (χ2n) is 9.94. The summed E-state index contributed by atoms with van der Waals surface area (Å²) in [5.74, 6) is -0.154. The molecule has 0 fully saturated rings. The van der Waals surface area contributed by atoms with Crippen LogP contribution in [0.3, 0.4) is 0 Å². The number of methoxy groups -OCH3 is 2. The molecule has 9 heteroatoms. The molecule has 2 heterocycles. The van der Waals surface area contributed by atoms with Crippen LogP contribution in [0.15, 0.2) is 114 Å². The maximum absolute atomic E-state index is 14.1. The number of benzene rings is 4. The highest BCUT2D eigenvalue weighted by atomic mass is 35.5. The minimum Gasteiger partial charge on any atom is -0.497 e. The Kier molecular flexibility index (Phi) is 7.77. The molecule has 1 aliphatic heterocycles. The minimum absolute atomic E-state index is 0.280. The monoisotopic (exact) mass is 590 g/mol. The third kappa shape index (κ3) is 5.65. The summed E-state index contributed by atoms with van der Waals surface area (Å²) >= 11 is 6.22. The highest BCUT2D eigenvalue weighted by Crippen LogP contribution is 2.39. The van der Waals surface area contributed by atoms with E-state index in [1.807, 2.05) is 89.7 Å². The number of rotatable bonds is 7. The van der Waals surface area contributed by atoms with Gasteiger partial charge in [-0.2, -0.15) is 10.2 Å². The van der Waals surface area contributed by atoms with E-state index in [0.717, 1.165) is 33.8 Å². The first kappa shape index (κ1) is 27.9. The van der Waals surface area contributed by atoms with Gasteiger partial charge in [0.2, 0.25) is 0 Å². The van der Waals surface area contributed by atoms with E-state index in [1.54, 1.807) is 25.3 Å². The first-order chi connectivity index (χ1) is 20.9. The number of para-hydroxylation sites is 1. The lowest BCUT2D eigenvalue weighted by Crippen LogP contribution is -2.27. The van der Waals surface area contributed by atoms with Gasteiger partial charge in [0.25, 0.3) is 5.91 Å². The Balaban J connectivity index is 1.48. The van der Waals surface area contributed by atoms with Gasteiger partial charge in [0.15, 0.2) is 0 Å². The van der Waals surface area contributed by atoms with E-state index in [1.165, 1.54) is 18.2 Å². The van der Waals surface area contributed by atoms with E-state index in [-0.39, 0.29) is 11.5 Å². The number of carbonyl (C=O) groups is 2. The van der Waals surface area contributed by atoms with Crippen LogP contribution in [0.2, 0.25) is 5.02 Å². The molecule has 0 aliphatic carbocycles. The topological polar surface area (TPSA) is 86.0 Å². The van der Waals surface area contributed by atoms with E-state index in [2.05, 4.69) is 0 Å². The predicted octanol–water partition coefficient (Wildman–Crippen LogP) is 6.98. The Bertz CT molecular complexity index is 1820. The molecule has 8 nitrogen and oxygen atoms in total. The molecule has 6 rings (SSSR count). The van der Waals surface area contributed by atoms with E-state index >= 15 is 0 Å². The third-order valence-corrected chi connectivity index (χ3v) is 7.56. The first-order valence-electron chi connectivity index (χ1n) is 13.6. The van der Waals surface area contributed by atoms with Crippen LogP contribution in [0, 0.1) is 0 Å². The molecule has 0 saturated carbocycles. The van der Waals surface area contributed by atoms with Crippen molar-refractivity contribution < 1.29 is 19.1 Å². The zero-order chi connectivity index (χ0) is 29.9. The van der Waals surface area contributed by atoms with Crippen molar-refractivity contribution in [2.45, 2.75) is 12.5 Å². The van der Waals surface area contributed by atoms with Gasteiger partial charge in [-0.15, -0.1) is 0 Å². The van der Waals surface area contributed by atoms with Crippen molar-refractivity contribution in [3.63, 3.8) is 0 Å². The summed E-state index contributed by atoms with van der Waals surface area (Å²) in [6.07, 6.45) is 2.39. The number of aromatic nitrogens is 2. The lowest BCUT2D eigenvalue weighted by molar-refractivity contribution is 0.0600. The predicted molar refractivity (Wildman–Crippen MR) is 165 cm³/mol. The Morgan fingerprint density at radius 1 is 0.837 bits per heavy atom. The number of amides is 1. The molecule has 1 amide bonds. The van der Waals surface area contributed by atoms with Crippen LogP contribution in [0.1, 0.15) is 44.3 Å². The summed E-state index contributed by atoms with van der Waals surface area (Å²) < 4.78 is 12.0. The molecule has 0 spiro atoms. The summed E-state index contributed by atoms with van der Waals surface area (Å²) in [6.45, 7) is 0. The Morgan fingerprint density at radius 2 is 1.53 bits per heavy atom. The second-order valence-corrected chi connectivity index (χ2v) is 10.4. The van der Waals surface area contributed by atoms with Gasteiger partial charge < -0.3 is 9.47 Å². The molecule has 1 atom stereocenters. The van der Waals surface area contributed by atoms with Crippen LogP contribution in [0.25, 0.3) is 16.9 Å². The maximum Gasteiger partial charge on any atom is 0.337 e. The molecular weight excluding hydrogens is 564 g/mol. The number of nitrogens with zero attached hydrogens (tertiary/aromatic N) is 4. The maximum atomic E-state index is 14.1. The van der Waals surface area contributed by atoms with Crippen molar-refractivity contribution in [3.8, 4) is 22.7 Å². The lowest BCUT2D eigenvalue weighted by atomic mass is 9.96.